The summed E-state index contributed by atoms with van der Waals surface area (Å²) in [6.45, 7) is 4.74. The highest BCUT2D eigenvalue weighted by molar-refractivity contribution is 9.08. The molecule has 0 aliphatic carbocycles. The second-order valence-electron chi connectivity index (χ2n) is 3.48. The summed E-state index contributed by atoms with van der Waals surface area (Å²) >= 11 is 9.48. The molecule has 0 aliphatic heterocycles. The standard InChI is InChI=1S/C12H17BrClNO/c1-3-15(6-7-16-2)12-5-4-11(14)8-10(12)9-13/h4-5,8H,3,6-7,9H2,1-2H3. The van der Waals surface area contributed by atoms with Crippen LogP contribution in [-0.2, 0) is 10.1 Å². The first kappa shape index (κ1) is 13.8. The second-order valence-corrected chi connectivity index (χ2v) is 4.48. The predicted molar refractivity (Wildman–Crippen MR) is 73.8 cm³/mol. The Labute approximate surface area is 111 Å². The van der Waals surface area contributed by atoms with Crippen LogP contribution >= 0.6 is 27.5 Å². The molecule has 0 aromatic heterocycles. The fourth-order valence-corrected chi connectivity index (χ4v) is 2.26. The number of rotatable bonds is 6. The quantitative estimate of drug-likeness (QED) is 0.743. The molecule has 0 unspecified atom stereocenters. The van der Waals surface area contributed by atoms with Crippen LogP contribution in [0.2, 0.25) is 5.02 Å². The molecule has 0 N–H and O–H groups in total. The Kier molecular flexibility index (Phi) is 6.17. The largest absolute Gasteiger partial charge is 0.383 e. The minimum absolute atomic E-state index is 0.734. The fraction of sp³-hybridized carbons (Fsp3) is 0.500. The van der Waals surface area contributed by atoms with Gasteiger partial charge in [-0.2, -0.15) is 0 Å². The van der Waals surface area contributed by atoms with Crippen molar-refractivity contribution < 1.29 is 4.74 Å². The molecule has 1 rings (SSSR count). The maximum absolute atomic E-state index is 5.98. The van der Waals surface area contributed by atoms with Crippen molar-refractivity contribution in [1.82, 2.24) is 0 Å². The van der Waals surface area contributed by atoms with E-state index in [2.05, 4.69) is 33.8 Å². The molecule has 0 bridgehead atoms. The first-order chi connectivity index (χ1) is 7.72. The molecular formula is C12H17BrClNO. The van der Waals surface area contributed by atoms with Crippen molar-refractivity contribution in [2.75, 3.05) is 31.7 Å². The van der Waals surface area contributed by atoms with E-state index in [1.54, 1.807) is 7.11 Å². The lowest BCUT2D eigenvalue weighted by molar-refractivity contribution is 0.205. The van der Waals surface area contributed by atoms with Gasteiger partial charge in [-0.3, -0.25) is 0 Å². The first-order valence-corrected chi connectivity index (χ1v) is 6.81. The Morgan fingerprint density at radius 3 is 2.75 bits per heavy atom. The average Bonchev–Trinajstić information content (AvgIpc) is 2.31. The lowest BCUT2D eigenvalue weighted by Gasteiger charge is -2.25. The van der Waals surface area contributed by atoms with Crippen LogP contribution in [-0.4, -0.2) is 26.8 Å². The topological polar surface area (TPSA) is 12.5 Å². The second kappa shape index (κ2) is 7.15. The molecule has 0 radical (unpaired) electrons. The van der Waals surface area contributed by atoms with Gasteiger partial charge in [0, 0.05) is 36.2 Å². The molecule has 0 spiro atoms. The van der Waals surface area contributed by atoms with Crippen LogP contribution in [0.5, 0.6) is 0 Å². The van der Waals surface area contributed by atoms with Gasteiger partial charge in [0.05, 0.1) is 6.61 Å². The van der Waals surface area contributed by atoms with Gasteiger partial charge in [0.2, 0.25) is 0 Å². The molecule has 0 amide bonds. The maximum Gasteiger partial charge on any atom is 0.0637 e. The van der Waals surface area contributed by atoms with Crippen molar-refractivity contribution in [3.05, 3.63) is 28.8 Å². The molecule has 90 valence electrons. The first-order valence-electron chi connectivity index (χ1n) is 5.31. The molecule has 0 atom stereocenters. The normalized spacial score (nSPS) is 10.5. The third kappa shape index (κ3) is 3.65. The van der Waals surface area contributed by atoms with E-state index in [4.69, 9.17) is 16.3 Å². The van der Waals surface area contributed by atoms with Crippen molar-refractivity contribution >= 4 is 33.2 Å². The Hall–Kier alpha value is -0.250. The highest BCUT2D eigenvalue weighted by Crippen LogP contribution is 2.26. The summed E-state index contributed by atoms with van der Waals surface area (Å²) in [5.74, 6) is 0. The lowest BCUT2D eigenvalue weighted by Crippen LogP contribution is -2.27. The minimum Gasteiger partial charge on any atom is -0.383 e. The summed E-state index contributed by atoms with van der Waals surface area (Å²) in [6, 6.07) is 6.00. The number of ether oxygens (including phenoxy) is 1. The van der Waals surface area contributed by atoms with E-state index >= 15 is 0 Å². The van der Waals surface area contributed by atoms with Gasteiger partial charge in [0.15, 0.2) is 0 Å². The van der Waals surface area contributed by atoms with Gasteiger partial charge in [0.25, 0.3) is 0 Å². The highest BCUT2D eigenvalue weighted by atomic mass is 79.9. The van der Waals surface area contributed by atoms with Crippen molar-refractivity contribution in [3.63, 3.8) is 0 Å². The summed E-state index contributed by atoms with van der Waals surface area (Å²) in [5.41, 5.74) is 2.44. The Balaban J connectivity index is 2.90. The third-order valence-electron chi connectivity index (χ3n) is 2.47. The monoisotopic (exact) mass is 305 g/mol. The molecule has 0 saturated carbocycles. The number of halogens is 2. The van der Waals surface area contributed by atoms with Crippen LogP contribution in [0.4, 0.5) is 5.69 Å². The zero-order valence-corrected chi connectivity index (χ0v) is 12.0. The molecule has 0 aliphatic rings. The van der Waals surface area contributed by atoms with E-state index in [-0.39, 0.29) is 0 Å². The number of hydrogen-bond donors (Lipinski definition) is 0. The lowest BCUT2D eigenvalue weighted by atomic mass is 10.2. The van der Waals surface area contributed by atoms with E-state index in [1.807, 2.05) is 12.1 Å². The van der Waals surface area contributed by atoms with Crippen LogP contribution in [0.3, 0.4) is 0 Å². The van der Waals surface area contributed by atoms with Crippen LogP contribution in [0.1, 0.15) is 12.5 Å². The SMILES string of the molecule is CCN(CCOC)c1ccc(Cl)cc1CBr. The smallest absolute Gasteiger partial charge is 0.0637 e. The van der Waals surface area contributed by atoms with Gasteiger partial charge in [0.1, 0.15) is 0 Å². The summed E-state index contributed by atoms with van der Waals surface area (Å²) in [6.07, 6.45) is 0. The Morgan fingerprint density at radius 2 is 2.19 bits per heavy atom. The number of nitrogens with zero attached hydrogens (tertiary/aromatic N) is 1. The molecule has 2 nitrogen and oxygen atoms in total. The molecule has 0 fully saturated rings. The van der Waals surface area contributed by atoms with Gasteiger partial charge < -0.3 is 9.64 Å². The number of hydrogen-bond acceptors (Lipinski definition) is 2. The number of benzene rings is 1. The zero-order chi connectivity index (χ0) is 12.0. The minimum atomic E-state index is 0.734. The van der Waals surface area contributed by atoms with Crippen molar-refractivity contribution in [3.8, 4) is 0 Å². The Morgan fingerprint density at radius 1 is 1.44 bits per heavy atom. The highest BCUT2D eigenvalue weighted by Gasteiger charge is 2.09. The van der Waals surface area contributed by atoms with Crippen LogP contribution in [0.15, 0.2) is 18.2 Å². The van der Waals surface area contributed by atoms with Gasteiger partial charge in [-0.1, -0.05) is 27.5 Å². The van der Waals surface area contributed by atoms with E-state index in [1.165, 1.54) is 11.3 Å². The third-order valence-corrected chi connectivity index (χ3v) is 3.31. The van der Waals surface area contributed by atoms with Crippen molar-refractivity contribution in [1.29, 1.82) is 0 Å². The van der Waals surface area contributed by atoms with Crippen molar-refractivity contribution in [2.24, 2.45) is 0 Å². The fourth-order valence-electron chi connectivity index (χ4n) is 1.62. The molecule has 16 heavy (non-hydrogen) atoms. The summed E-state index contributed by atoms with van der Waals surface area (Å²) in [5, 5.41) is 1.59. The molecule has 0 heterocycles. The van der Waals surface area contributed by atoms with E-state index < -0.39 is 0 Å². The summed E-state index contributed by atoms with van der Waals surface area (Å²) in [4.78, 5) is 2.29. The number of likely N-dealkylation sites (N-methyl/N-ethyl adjacent to an activating group) is 1. The molecule has 1 aromatic carbocycles. The predicted octanol–water partition coefficient (Wildman–Crippen LogP) is 3.71. The number of alkyl halides is 1. The van der Waals surface area contributed by atoms with Gasteiger partial charge in [-0.25, -0.2) is 0 Å². The van der Waals surface area contributed by atoms with E-state index in [9.17, 15) is 0 Å². The number of anilines is 1. The van der Waals surface area contributed by atoms with E-state index in [0.717, 1.165) is 30.0 Å². The Bertz CT molecular complexity index is 333. The molecule has 1 aromatic rings. The van der Waals surface area contributed by atoms with Crippen LogP contribution in [0.25, 0.3) is 0 Å². The zero-order valence-electron chi connectivity index (χ0n) is 9.67. The van der Waals surface area contributed by atoms with Gasteiger partial charge >= 0.3 is 0 Å². The van der Waals surface area contributed by atoms with E-state index in [0.29, 0.717) is 0 Å². The maximum atomic E-state index is 5.98. The molecule has 4 heteroatoms. The molecule has 0 saturated heterocycles. The number of methoxy groups -OCH3 is 1. The summed E-state index contributed by atoms with van der Waals surface area (Å²) in [7, 11) is 1.72. The summed E-state index contributed by atoms with van der Waals surface area (Å²) < 4.78 is 5.11. The van der Waals surface area contributed by atoms with Gasteiger partial charge in [-0.05, 0) is 30.7 Å². The average molecular weight is 307 g/mol. The van der Waals surface area contributed by atoms with Crippen molar-refractivity contribution in [2.45, 2.75) is 12.3 Å². The molecular weight excluding hydrogens is 289 g/mol. The van der Waals surface area contributed by atoms with Crippen LogP contribution in [0, 0.1) is 0 Å². The van der Waals surface area contributed by atoms with Gasteiger partial charge in [-0.15, -0.1) is 0 Å². The van der Waals surface area contributed by atoms with Crippen LogP contribution < -0.4 is 4.90 Å².